The Labute approximate surface area is 147 Å². The van der Waals surface area contributed by atoms with Crippen molar-refractivity contribution in [3.63, 3.8) is 0 Å². The fourth-order valence-electron chi connectivity index (χ4n) is 2.50. The van der Waals surface area contributed by atoms with Gasteiger partial charge in [-0.2, -0.15) is 0 Å². The van der Waals surface area contributed by atoms with Crippen molar-refractivity contribution >= 4 is 39.1 Å². The van der Waals surface area contributed by atoms with E-state index in [1.165, 1.54) is 12.1 Å². The Hall–Kier alpha value is -1.22. The van der Waals surface area contributed by atoms with Crippen molar-refractivity contribution in [3.05, 3.63) is 37.3 Å². The van der Waals surface area contributed by atoms with Crippen LogP contribution >= 0.6 is 27.5 Å². The molecule has 1 aliphatic heterocycles. The number of nitro benzene ring substituents is 1. The maximum absolute atomic E-state index is 12.4. The third-order valence-corrected chi connectivity index (χ3v) is 4.79. The molecule has 1 amide bonds. The SMILES string of the molecule is CN1CCN(C)[C@@H](CNC(=O)c2cc(Br)cc([N+](=O)[O-])c2Cl)C1. The molecule has 0 aliphatic carbocycles. The number of nitrogens with zero attached hydrogens (tertiary/aromatic N) is 3. The summed E-state index contributed by atoms with van der Waals surface area (Å²) in [5, 5.41) is 13.7. The molecule has 1 fully saturated rings. The second-order valence-corrected chi connectivity index (χ2v) is 6.94. The quantitative estimate of drug-likeness (QED) is 0.612. The lowest BCUT2D eigenvalue weighted by Gasteiger charge is -2.37. The summed E-state index contributed by atoms with van der Waals surface area (Å²) in [6.45, 7) is 3.23. The molecular formula is C14H18BrClN4O3. The van der Waals surface area contributed by atoms with Gasteiger partial charge in [-0.05, 0) is 20.2 Å². The molecule has 1 saturated heterocycles. The summed E-state index contributed by atoms with van der Waals surface area (Å²) in [5.41, 5.74) is -0.194. The van der Waals surface area contributed by atoms with E-state index in [1.807, 2.05) is 14.1 Å². The van der Waals surface area contributed by atoms with Crippen LogP contribution in [0.4, 0.5) is 5.69 Å². The van der Waals surface area contributed by atoms with Gasteiger partial charge in [0.2, 0.25) is 0 Å². The highest BCUT2D eigenvalue weighted by Gasteiger charge is 2.25. The monoisotopic (exact) mass is 404 g/mol. The minimum atomic E-state index is -0.603. The van der Waals surface area contributed by atoms with Crippen LogP contribution in [-0.2, 0) is 0 Å². The van der Waals surface area contributed by atoms with Gasteiger partial charge in [-0.25, -0.2) is 0 Å². The standard InChI is InChI=1S/C14H18BrClN4O3/c1-18-3-4-19(2)10(8-18)7-17-14(21)11-5-9(15)6-12(13(11)16)20(22)23/h5-6,10H,3-4,7-8H2,1-2H3,(H,17,21)/t10-/m0/s1. The van der Waals surface area contributed by atoms with Crippen LogP contribution in [0.15, 0.2) is 16.6 Å². The van der Waals surface area contributed by atoms with E-state index >= 15 is 0 Å². The molecule has 0 unspecified atom stereocenters. The van der Waals surface area contributed by atoms with Crippen molar-refractivity contribution in [1.82, 2.24) is 15.1 Å². The third kappa shape index (κ3) is 4.41. The normalized spacial score (nSPS) is 19.6. The molecule has 0 radical (unpaired) electrons. The van der Waals surface area contributed by atoms with Gasteiger partial charge in [0, 0.05) is 42.8 Å². The maximum atomic E-state index is 12.4. The maximum Gasteiger partial charge on any atom is 0.289 e. The number of nitrogens with one attached hydrogen (secondary N) is 1. The summed E-state index contributed by atoms with van der Waals surface area (Å²) in [6, 6.07) is 2.96. The number of halogens is 2. The van der Waals surface area contributed by atoms with Gasteiger partial charge >= 0.3 is 0 Å². The van der Waals surface area contributed by atoms with Gasteiger partial charge in [0.15, 0.2) is 0 Å². The van der Waals surface area contributed by atoms with E-state index in [9.17, 15) is 14.9 Å². The van der Waals surface area contributed by atoms with Gasteiger partial charge in [-0.3, -0.25) is 19.8 Å². The van der Waals surface area contributed by atoms with Crippen molar-refractivity contribution in [3.8, 4) is 0 Å². The van der Waals surface area contributed by atoms with Crippen molar-refractivity contribution in [2.24, 2.45) is 0 Å². The van der Waals surface area contributed by atoms with Crippen LogP contribution in [0.25, 0.3) is 0 Å². The van der Waals surface area contributed by atoms with Crippen LogP contribution in [0.3, 0.4) is 0 Å². The van der Waals surface area contributed by atoms with E-state index < -0.39 is 10.8 Å². The molecule has 0 bridgehead atoms. The Morgan fingerprint density at radius 1 is 1.48 bits per heavy atom. The molecule has 0 saturated carbocycles. The number of hydrogen-bond acceptors (Lipinski definition) is 5. The number of carbonyl (C=O) groups excluding carboxylic acids is 1. The van der Waals surface area contributed by atoms with Gasteiger partial charge in [0.1, 0.15) is 5.02 Å². The second-order valence-electron chi connectivity index (χ2n) is 5.65. The van der Waals surface area contributed by atoms with E-state index in [-0.39, 0.29) is 22.3 Å². The zero-order valence-electron chi connectivity index (χ0n) is 12.9. The number of hydrogen-bond donors (Lipinski definition) is 1. The van der Waals surface area contributed by atoms with Crippen LogP contribution < -0.4 is 5.32 Å². The van der Waals surface area contributed by atoms with Gasteiger partial charge in [-0.1, -0.05) is 27.5 Å². The third-order valence-electron chi connectivity index (χ3n) is 3.94. The lowest BCUT2D eigenvalue weighted by atomic mass is 10.1. The number of piperazine rings is 1. The Morgan fingerprint density at radius 2 is 2.17 bits per heavy atom. The smallest absolute Gasteiger partial charge is 0.289 e. The molecule has 2 rings (SSSR count). The Kier molecular flexibility index (Phi) is 5.96. The first-order chi connectivity index (χ1) is 10.8. The van der Waals surface area contributed by atoms with E-state index in [4.69, 9.17) is 11.6 Å². The predicted octanol–water partition coefficient (Wildman–Crippen LogP) is 1.99. The van der Waals surface area contributed by atoms with Crippen molar-refractivity contribution in [1.29, 1.82) is 0 Å². The number of carbonyl (C=O) groups is 1. The average molecular weight is 406 g/mol. The number of nitro groups is 1. The highest BCUT2D eigenvalue weighted by atomic mass is 79.9. The first-order valence-electron chi connectivity index (χ1n) is 7.10. The minimum Gasteiger partial charge on any atom is -0.350 e. The molecule has 1 aromatic carbocycles. The molecular weight excluding hydrogens is 388 g/mol. The van der Waals surface area contributed by atoms with E-state index in [0.717, 1.165) is 19.6 Å². The molecule has 0 aromatic heterocycles. The van der Waals surface area contributed by atoms with Crippen LogP contribution in [0.5, 0.6) is 0 Å². The molecule has 9 heteroatoms. The number of benzene rings is 1. The molecule has 1 aliphatic rings. The molecule has 23 heavy (non-hydrogen) atoms. The molecule has 126 valence electrons. The molecule has 1 atom stereocenters. The van der Waals surface area contributed by atoms with E-state index in [0.29, 0.717) is 11.0 Å². The number of rotatable bonds is 4. The average Bonchev–Trinajstić information content (AvgIpc) is 2.49. The minimum absolute atomic E-state index is 0.0968. The van der Waals surface area contributed by atoms with E-state index in [2.05, 4.69) is 31.0 Å². The molecule has 1 aromatic rings. The highest BCUT2D eigenvalue weighted by Crippen LogP contribution is 2.31. The van der Waals surface area contributed by atoms with Crippen LogP contribution in [0, 0.1) is 10.1 Å². The second kappa shape index (κ2) is 7.57. The zero-order chi connectivity index (χ0) is 17.1. The molecule has 1 N–H and O–H groups in total. The summed E-state index contributed by atoms with van der Waals surface area (Å²) in [5.74, 6) is -0.416. The van der Waals surface area contributed by atoms with Crippen molar-refractivity contribution in [2.45, 2.75) is 6.04 Å². The summed E-state index contributed by atoms with van der Waals surface area (Å²) < 4.78 is 0.438. The zero-order valence-corrected chi connectivity index (χ0v) is 15.2. The largest absolute Gasteiger partial charge is 0.350 e. The van der Waals surface area contributed by atoms with Crippen LogP contribution in [0.2, 0.25) is 5.02 Å². The molecule has 7 nitrogen and oxygen atoms in total. The lowest BCUT2D eigenvalue weighted by molar-refractivity contribution is -0.384. The summed E-state index contributed by atoms with van der Waals surface area (Å²) in [7, 11) is 4.05. The highest BCUT2D eigenvalue weighted by molar-refractivity contribution is 9.10. The molecule has 0 spiro atoms. The Balaban J connectivity index is 2.10. The van der Waals surface area contributed by atoms with Crippen molar-refractivity contribution < 1.29 is 9.72 Å². The first kappa shape index (κ1) is 18.1. The summed E-state index contributed by atoms with van der Waals surface area (Å²) >= 11 is 9.17. The predicted molar refractivity (Wildman–Crippen MR) is 92.1 cm³/mol. The summed E-state index contributed by atoms with van der Waals surface area (Å²) in [6.07, 6.45) is 0. The fraction of sp³-hybridized carbons (Fsp3) is 0.500. The number of amides is 1. The topological polar surface area (TPSA) is 78.7 Å². The summed E-state index contributed by atoms with van der Waals surface area (Å²) in [4.78, 5) is 27.1. The lowest BCUT2D eigenvalue weighted by Crippen LogP contribution is -2.54. The van der Waals surface area contributed by atoms with Gasteiger partial charge < -0.3 is 10.2 Å². The van der Waals surface area contributed by atoms with Gasteiger partial charge in [0.05, 0.1) is 10.5 Å². The fourth-order valence-corrected chi connectivity index (χ4v) is 3.21. The van der Waals surface area contributed by atoms with Gasteiger partial charge in [0.25, 0.3) is 11.6 Å². The Morgan fingerprint density at radius 3 is 2.83 bits per heavy atom. The van der Waals surface area contributed by atoms with Crippen LogP contribution in [-0.4, -0.2) is 66.9 Å². The Bertz CT molecular complexity index is 628. The van der Waals surface area contributed by atoms with Gasteiger partial charge in [-0.15, -0.1) is 0 Å². The van der Waals surface area contributed by atoms with Crippen molar-refractivity contribution in [2.75, 3.05) is 40.3 Å². The molecule has 1 heterocycles. The number of likely N-dealkylation sites (N-methyl/N-ethyl adjacent to an activating group) is 2. The first-order valence-corrected chi connectivity index (χ1v) is 8.27. The van der Waals surface area contributed by atoms with Crippen LogP contribution in [0.1, 0.15) is 10.4 Å². The van der Waals surface area contributed by atoms with E-state index in [1.54, 1.807) is 0 Å².